The van der Waals surface area contributed by atoms with Crippen LogP contribution in [-0.2, 0) is 21.2 Å². The van der Waals surface area contributed by atoms with Crippen molar-refractivity contribution in [2.24, 2.45) is 5.92 Å². The Bertz CT molecular complexity index is 590. The first-order valence-corrected chi connectivity index (χ1v) is 8.10. The minimum Gasteiger partial charge on any atom is -0.381 e. The van der Waals surface area contributed by atoms with E-state index in [0.29, 0.717) is 31.6 Å². The van der Waals surface area contributed by atoms with Crippen LogP contribution in [0.15, 0.2) is 24.3 Å². The standard InChI is InChI=1S/C14H18N2O3S/c1-16-20(17,18)14-6-7-19-10-13(14)8-11-2-4-12(9-15)5-3-11/h2-5,13-14,16H,6-8,10H2,1H3/t13-,14-/m1/s1. The van der Waals surface area contributed by atoms with Gasteiger partial charge in [-0.25, -0.2) is 13.1 Å². The van der Waals surface area contributed by atoms with E-state index in [4.69, 9.17) is 10.00 Å². The SMILES string of the molecule is CNS(=O)(=O)[C@@H]1CCOC[C@H]1Cc1ccc(C#N)cc1. The summed E-state index contributed by atoms with van der Waals surface area (Å²) in [7, 11) is -1.84. The van der Waals surface area contributed by atoms with E-state index in [-0.39, 0.29) is 5.92 Å². The molecule has 108 valence electrons. The Labute approximate surface area is 119 Å². The molecule has 1 N–H and O–H groups in total. The molecule has 1 fully saturated rings. The lowest BCUT2D eigenvalue weighted by Gasteiger charge is -2.31. The van der Waals surface area contributed by atoms with Crippen LogP contribution in [0.3, 0.4) is 0 Å². The summed E-state index contributed by atoms with van der Waals surface area (Å²) >= 11 is 0. The molecule has 0 aliphatic carbocycles. The Morgan fingerprint density at radius 3 is 2.70 bits per heavy atom. The number of benzene rings is 1. The Balaban J connectivity index is 2.14. The molecule has 0 spiro atoms. The van der Waals surface area contributed by atoms with E-state index in [1.165, 1.54) is 7.05 Å². The molecule has 2 rings (SSSR count). The third-order valence-electron chi connectivity index (χ3n) is 3.67. The minimum absolute atomic E-state index is 0.0610. The lowest BCUT2D eigenvalue weighted by Crippen LogP contribution is -2.43. The number of nitrogens with zero attached hydrogens (tertiary/aromatic N) is 1. The van der Waals surface area contributed by atoms with Crippen LogP contribution < -0.4 is 4.72 Å². The Hall–Kier alpha value is -1.42. The zero-order valence-corrected chi connectivity index (χ0v) is 12.2. The molecule has 2 atom stereocenters. The fraction of sp³-hybridized carbons (Fsp3) is 0.500. The van der Waals surface area contributed by atoms with Crippen LogP contribution >= 0.6 is 0 Å². The fourth-order valence-corrected chi connectivity index (χ4v) is 3.94. The maximum atomic E-state index is 12.0. The van der Waals surface area contributed by atoms with Crippen molar-refractivity contribution >= 4 is 10.0 Å². The molecule has 0 unspecified atom stereocenters. The third kappa shape index (κ3) is 3.37. The van der Waals surface area contributed by atoms with Gasteiger partial charge in [0.2, 0.25) is 10.0 Å². The highest BCUT2D eigenvalue weighted by Crippen LogP contribution is 2.25. The summed E-state index contributed by atoms with van der Waals surface area (Å²) in [6.45, 7) is 0.932. The Morgan fingerprint density at radius 2 is 2.10 bits per heavy atom. The molecule has 1 aliphatic heterocycles. The molecule has 0 radical (unpaired) electrons. The van der Waals surface area contributed by atoms with Gasteiger partial charge >= 0.3 is 0 Å². The fourth-order valence-electron chi connectivity index (χ4n) is 2.55. The van der Waals surface area contributed by atoms with Crippen LogP contribution in [0.1, 0.15) is 17.5 Å². The summed E-state index contributed by atoms with van der Waals surface area (Å²) in [6, 6.07) is 9.31. The van der Waals surface area contributed by atoms with Crippen LogP contribution in [0.2, 0.25) is 0 Å². The number of sulfonamides is 1. The largest absolute Gasteiger partial charge is 0.381 e. The summed E-state index contributed by atoms with van der Waals surface area (Å²) < 4.78 is 31.9. The van der Waals surface area contributed by atoms with Gasteiger partial charge in [0.05, 0.1) is 23.5 Å². The monoisotopic (exact) mass is 294 g/mol. The predicted molar refractivity (Wildman–Crippen MR) is 75.6 cm³/mol. The Morgan fingerprint density at radius 1 is 1.40 bits per heavy atom. The second-order valence-corrected chi connectivity index (χ2v) is 7.03. The molecule has 0 saturated carbocycles. The third-order valence-corrected chi connectivity index (χ3v) is 5.66. The van der Waals surface area contributed by atoms with Crippen molar-refractivity contribution < 1.29 is 13.2 Å². The molecule has 1 aliphatic rings. The van der Waals surface area contributed by atoms with Gasteiger partial charge in [0.25, 0.3) is 0 Å². The van der Waals surface area contributed by atoms with Gasteiger partial charge in [-0.05, 0) is 37.6 Å². The highest BCUT2D eigenvalue weighted by Gasteiger charge is 2.35. The van der Waals surface area contributed by atoms with Gasteiger partial charge in [0.1, 0.15) is 0 Å². The van der Waals surface area contributed by atoms with E-state index in [9.17, 15) is 8.42 Å². The highest BCUT2D eigenvalue weighted by molar-refractivity contribution is 7.90. The molecule has 1 aromatic carbocycles. The second kappa shape index (κ2) is 6.35. The number of hydrogen-bond acceptors (Lipinski definition) is 4. The maximum Gasteiger partial charge on any atom is 0.214 e. The maximum absolute atomic E-state index is 12.0. The first kappa shape index (κ1) is 15.0. The van der Waals surface area contributed by atoms with Gasteiger partial charge in [-0.1, -0.05) is 12.1 Å². The predicted octanol–water partition coefficient (Wildman–Crippen LogP) is 1.06. The van der Waals surface area contributed by atoms with E-state index in [1.807, 2.05) is 12.1 Å². The van der Waals surface area contributed by atoms with Crippen molar-refractivity contribution in [3.05, 3.63) is 35.4 Å². The van der Waals surface area contributed by atoms with Gasteiger partial charge in [0.15, 0.2) is 0 Å². The molecule has 1 saturated heterocycles. The number of nitrogens with one attached hydrogen (secondary N) is 1. The van der Waals surface area contributed by atoms with E-state index in [1.54, 1.807) is 12.1 Å². The summed E-state index contributed by atoms with van der Waals surface area (Å²) in [5.41, 5.74) is 1.63. The van der Waals surface area contributed by atoms with Gasteiger partial charge < -0.3 is 4.74 Å². The van der Waals surface area contributed by atoms with Crippen LogP contribution in [0, 0.1) is 17.2 Å². The normalized spacial score (nSPS) is 23.2. The molecule has 1 heterocycles. The number of rotatable bonds is 4. The number of ether oxygens (including phenoxy) is 1. The van der Waals surface area contributed by atoms with Crippen LogP contribution in [0.5, 0.6) is 0 Å². The van der Waals surface area contributed by atoms with E-state index >= 15 is 0 Å². The van der Waals surface area contributed by atoms with E-state index in [2.05, 4.69) is 10.8 Å². The molecule has 6 heteroatoms. The minimum atomic E-state index is -3.29. The van der Waals surface area contributed by atoms with Gasteiger partial charge in [-0.3, -0.25) is 0 Å². The van der Waals surface area contributed by atoms with E-state index in [0.717, 1.165) is 5.56 Å². The van der Waals surface area contributed by atoms with Gasteiger partial charge in [-0.15, -0.1) is 0 Å². The van der Waals surface area contributed by atoms with Crippen LogP contribution in [-0.4, -0.2) is 33.9 Å². The summed E-state index contributed by atoms with van der Waals surface area (Å²) in [6.07, 6.45) is 1.15. The quantitative estimate of drug-likeness (QED) is 0.900. The molecule has 0 amide bonds. The smallest absolute Gasteiger partial charge is 0.214 e. The molecule has 5 nitrogen and oxygen atoms in total. The lowest BCUT2D eigenvalue weighted by atomic mass is 9.93. The van der Waals surface area contributed by atoms with Crippen LogP contribution in [0.25, 0.3) is 0 Å². The van der Waals surface area contributed by atoms with Crippen molar-refractivity contribution in [3.63, 3.8) is 0 Å². The van der Waals surface area contributed by atoms with Gasteiger partial charge in [0, 0.05) is 12.5 Å². The van der Waals surface area contributed by atoms with Crippen molar-refractivity contribution in [2.45, 2.75) is 18.1 Å². The molecular formula is C14H18N2O3S. The molecule has 1 aromatic rings. The Kier molecular flexibility index (Phi) is 4.76. The summed E-state index contributed by atoms with van der Waals surface area (Å²) in [5.74, 6) is -0.0610. The topological polar surface area (TPSA) is 79.2 Å². The lowest BCUT2D eigenvalue weighted by molar-refractivity contribution is 0.0570. The molecule has 20 heavy (non-hydrogen) atoms. The molecule has 0 bridgehead atoms. The first-order valence-electron chi connectivity index (χ1n) is 6.56. The van der Waals surface area contributed by atoms with E-state index < -0.39 is 15.3 Å². The van der Waals surface area contributed by atoms with Crippen LogP contribution in [0.4, 0.5) is 0 Å². The van der Waals surface area contributed by atoms with Gasteiger partial charge in [-0.2, -0.15) is 5.26 Å². The summed E-state index contributed by atoms with van der Waals surface area (Å²) in [4.78, 5) is 0. The number of nitriles is 1. The average Bonchev–Trinajstić information content (AvgIpc) is 2.48. The first-order chi connectivity index (χ1) is 9.56. The highest BCUT2D eigenvalue weighted by atomic mass is 32.2. The second-order valence-electron chi connectivity index (χ2n) is 4.92. The van der Waals surface area contributed by atoms with Crippen molar-refractivity contribution in [2.75, 3.05) is 20.3 Å². The zero-order valence-electron chi connectivity index (χ0n) is 11.4. The average molecular weight is 294 g/mol. The van der Waals surface area contributed by atoms with Crippen molar-refractivity contribution in [1.29, 1.82) is 5.26 Å². The molecular weight excluding hydrogens is 276 g/mol. The van der Waals surface area contributed by atoms with Crippen molar-refractivity contribution in [3.8, 4) is 6.07 Å². The summed E-state index contributed by atoms with van der Waals surface area (Å²) in [5, 5.41) is 8.35. The molecule has 0 aromatic heterocycles. The van der Waals surface area contributed by atoms with Crippen molar-refractivity contribution in [1.82, 2.24) is 4.72 Å². The zero-order chi connectivity index (χ0) is 14.6. The number of hydrogen-bond donors (Lipinski definition) is 1.